The maximum Gasteiger partial charge on any atom is 0.303 e. The van der Waals surface area contributed by atoms with Crippen molar-refractivity contribution in [3.05, 3.63) is 29.3 Å². The Balaban J connectivity index is 2.78. The number of halogens is 2. The van der Waals surface area contributed by atoms with Crippen molar-refractivity contribution in [3.63, 3.8) is 0 Å². The Morgan fingerprint density at radius 2 is 1.94 bits per heavy atom. The van der Waals surface area contributed by atoms with Gasteiger partial charge in [-0.3, -0.25) is 9.59 Å². The molecule has 1 rings (SSSR count). The third kappa shape index (κ3) is 3.51. The zero-order valence-electron chi connectivity index (χ0n) is 9.09. The highest BCUT2D eigenvalue weighted by Gasteiger charge is 2.14. The van der Waals surface area contributed by atoms with E-state index in [1.54, 1.807) is 0 Å². The van der Waals surface area contributed by atoms with Crippen molar-refractivity contribution < 1.29 is 23.5 Å². The van der Waals surface area contributed by atoms with Gasteiger partial charge in [-0.25, -0.2) is 8.78 Å². The Kier molecular flexibility index (Phi) is 4.14. The fourth-order valence-corrected chi connectivity index (χ4v) is 1.19. The SMILES string of the molecule is Cc1ccc(F)c(NC(=O)CCC(=O)O)c1F. The van der Waals surface area contributed by atoms with Crippen LogP contribution in [0.15, 0.2) is 12.1 Å². The van der Waals surface area contributed by atoms with Crippen LogP contribution in [-0.2, 0) is 9.59 Å². The molecule has 1 aromatic carbocycles. The number of benzene rings is 1. The van der Waals surface area contributed by atoms with Gasteiger partial charge in [-0.15, -0.1) is 0 Å². The van der Waals surface area contributed by atoms with Gasteiger partial charge >= 0.3 is 5.97 Å². The molecular weight excluding hydrogens is 232 g/mol. The van der Waals surface area contributed by atoms with Gasteiger partial charge in [0.15, 0.2) is 5.82 Å². The number of anilines is 1. The van der Waals surface area contributed by atoms with Gasteiger partial charge in [0.1, 0.15) is 11.5 Å². The minimum atomic E-state index is -1.15. The lowest BCUT2D eigenvalue weighted by molar-refractivity contribution is -0.138. The van der Waals surface area contributed by atoms with Crippen molar-refractivity contribution in [2.24, 2.45) is 0 Å². The lowest BCUT2D eigenvalue weighted by atomic mass is 10.2. The van der Waals surface area contributed by atoms with Crippen LogP contribution in [0.5, 0.6) is 0 Å². The average Bonchev–Trinajstić information content (AvgIpc) is 2.27. The third-order valence-electron chi connectivity index (χ3n) is 2.11. The summed E-state index contributed by atoms with van der Waals surface area (Å²) in [6.45, 7) is 1.43. The molecule has 17 heavy (non-hydrogen) atoms. The molecule has 92 valence electrons. The largest absolute Gasteiger partial charge is 0.481 e. The van der Waals surface area contributed by atoms with Gasteiger partial charge in [-0.2, -0.15) is 0 Å². The first-order valence-electron chi connectivity index (χ1n) is 4.88. The van der Waals surface area contributed by atoms with Crippen LogP contribution in [0.25, 0.3) is 0 Å². The number of aryl methyl sites for hydroxylation is 1. The zero-order valence-corrected chi connectivity index (χ0v) is 9.09. The number of hydrogen-bond acceptors (Lipinski definition) is 2. The van der Waals surface area contributed by atoms with Crippen molar-refractivity contribution in [1.29, 1.82) is 0 Å². The summed E-state index contributed by atoms with van der Waals surface area (Å²) in [7, 11) is 0. The number of carbonyl (C=O) groups is 2. The van der Waals surface area contributed by atoms with Crippen LogP contribution in [0.3, 0.4) is 0 Å². The standard InChI is InChI=1S/C11H11F2NO3/c1-6-2-3-7(12)11(10(6)13)14-8(15)4-5-9(16)17/h2-3H,4-5H2,1H3,(H,14,15)(H,16,17). The highest BCUT2D eigenvalue weighted by atomic mass is 19.1. The number of carbonyl (C=O) groups excluding carboxylic acids is 1. The van der Waals surface area contributed by atoms with Crippen molar-refractivity contribution in [2.75, 3.05) is 5.32 Å². The molecule has 0 bridgehead atoms. The molecule has 0 radical (unpaired) electrons. The molecule has 0 saturated heterocycles. The van der Waals surface area contributed by atoms with E-state index in [2.05, 4.69) is 0 Å². The second kappa shape index (κ2) is 5.38. The topological polar surface area (TPSA) is 66.4 Å². The van der Waals surface area contributed by atoms with Crippen molar-refractivity contribution in [1.82, 2.24) is 0 Å². The predicted molar refractivity (Wildman–Crippen MR) is 56.6 cm³/mol. The number of carboxylic acids is 1. The molecule has 0 atom stereocenters. The van der Waals surface area contributed by atoms with E-state index in [9.17, 15) is 18.4 Å². The van der Waals surface area contributed by atoms with Crippen molar-refractivity contribution in [2.45, 2.75) is 19.8 Å². The fraction of sp³-hybridized carbons (Fsp3) is 0.273. The van der Waals surface area contributed by atoms with Crippen LogP contribution < -0.4 is 5.32 Å². The summed E-state index contributed by atoms with van der Waals surface area (Å²) < 4.78 is 26.7. The highest BCUT2D eigenvalue weighted by Crippen LogP contribution is 2.21. The molecule has 0 fully saturated rings. The summed E-state index contributed by atoms with van der Waals surface area (Å²) >= 11 is 0. The van der Waals surface area contributed by atoms with Gasteiger partial charge in [-0.05, 0) is 18.6 Å². The van der Waals surface area contributed by atoms with Gasteiger partial charge in [-0.1, -0.05) is 6.07 Å². The van der Waals surface area contributed by atoms with Gasteiger partial charge in [0.2, 0.25) is 5.91 Å². The normalized spacial score (nSPS) is 10.1. The Morgan fingerprint density at radius 3 is 2.53 bits per heavy atom. The Hall–Kier alpha value is -1.98. The summed E-state index contributed by atoms with van der Waals surface area (Å²) in [5, 5.41) is 10.4. The number of carboxylic acid groups (broad SMARTS) is 1. The van der Waals surface area contributed by atoms with Crippen LogP contribution in [0, 0.1) is 18.6 Å². The number of amides is 1. The van der Waals surface area contributed by atoms with E-state index in [1.165, 1.54) is 13.0 Å². The molecule has 0 aliphatic carbocycles. The molecule has 0 heterocycles. The molecule has 0 aliphatic heterocycles. The highest BCUT2D eigenvalue weighted by molar-refractivity contribution is 5.92. The number of aliphatic carboxylic acids is 1. The summed E-state index contributed by atoms with van der Waals surface area (Å²) in [5.41, 5.74) is -0.347. The van der Waals surface area contributed by atoms with Crippen molar-refractivity contribution in [3.8, 4) is 0 Å². The number of hydrogen-bond donors (Lipinski definition) is 2. The number of nitrogens with one attached hydrogen (secondary N) is 1. The van der Waals surface area contributed by atoms with Crippen LogP contribution in [0.1, 0.15) is 18.4 Å². The molecule has 2 N–H and O–H groups in total. The molecule has 0 spiro atoms. The molecule has 0 aliphatic rings. The molecular formula is C11H11F2NO3. The van der Waals surface area contributed by atoms with Crippen LogP contribution in [0.4, 0.5) is 14.5 Å². The monoisotopic (exact) mass is 243 g/mol. The maximum absolute atomic E-state index is 13.5. The van der Waals surface area contributed by atoms with E-state index >= 15 is 0 Å². The summed E-state index contributed by atoms with van der Waals surface area (Å²) in [4.78, 5) is 21.4. The number of rotatable bonds is 4. The lowest BCUT2D eigenvalue weighted by Crippen LogP contribution is -2.15. The zero-order chi connectivity index (χ0) is 13.0. The van der Waals surface area contributed by atoms with Gasteiger partial charge in [0.05, 0.1) is 6.42 Å². The first-order chi connectivity index (χ1) is 7.91. The molecule has 6 heteroatoms. The maximum atomic E-state index is 13.5. The minimum absolute atomic E-state index is 0.194. The molecule has 0 aromatic heterocycles. The molecule has 0 saturated carbocycles. The molecule has 1 aromatic rings. The second-order valence-corrected chi connectivity index (χ2v) is 3.50. The summed E-state index contributed by atoms with van der Waals surface area (Å²) in [6, 6.07) is 2.28. The van der Waals surface area contributed by atoms with E-state index in [4.69, 9.17) is 5.11 Å². The van der Waals surface area contributed by atoms with E-state index in [1.807, 2.05) is 5.32 Å². The first-order valence-corrected chi connectivity index (χ1v) is 4.88. The predicted octanol–water partition coefficient (Wildman–Crippen LogP) is 2.08. The average molecular weight is 243 g/mol. The van der Waals surface area contributed by atoms with Gasteiger partial charge in [0.25, 0.3) is 0 Å². The summed E-state index contributed by atoms with van der Waals surface area (Å²) in [6.07, 6.45) is -0.719. The van der Waals surface area contributed by atoms with E-state index in [0.717, 1.165) is 6.07 Å². The minimum Gasteiger partial charge on any atom is -0.481 e. The van der Waals surface area contributed by atoms with E-state index in [-0.39, 0.29) is 18.4 Å². The van der Waals surface area contributed by atoms with Gasteiger partial charge in [0, 0.05) is 6.42 Å². The molecule has 0 unspecified atom stereocenters. The summed E-state index contributed by atoms with van der Waals surface area (Å²) in [5.74, 6) is -3.63. The Labute approximate surface area is 96.3 Å². The van der Waals surface area contributed by atoms with Crippen molar-refractivity contribution >= 4 is 17.6 Å². The first kappa shape index (κ1) is 13.1. The smallest absolute Gasteiger partial charge is 0.303 e. The lowest BCUT2D eigenvalue weighted by Gasteiger charge is -2.08. The van der Waals surface area contributed by atoms with E-state index < -0.39 is 29.2 Å². The van der Waals surface area contributed by atoms with Crippen LogP contribution in [-0.4, -0.2) is 17.0 Å². The quantitative estimate of drug-likeness (QED) is 0.850. The van der Waals surface area contributed by atoms with Crippen LogP contribution >= 0.6 is 0 Å². The molecule has 1 amide bonds. The second-order valence-electron chi connectivity index (χ2n) is 3.50. The molecule has 4 nitrogen and oxygen atoms in total. The van der Waals surface area contributed by atoms with Crippen LogP contribution in [0.2, 0.25) is 0 Å². The third-order valence-corrected chi connectivity index (χ3v) is 2.11. The Bertz CT molecular complexity index is 460. The van der Waals surface area contributed by atoms with Gasteiger partial charge < -0.3 is 10.4 Å². The van der Waals surface area contributed by atoms with E-state index in [0.29, 0.717) is 0 Å². The fourth-order valence-electron chi connectivity index (χ4n) is 1.19. The Morgan fingerprint density at radius 1 is 1.29 bits per heavy atom.